The first-order chi connectivity index (χ1) is 18.9. The molecule has 10 heteroatoms. The van der Waals surface area contributed by atoms with Gasteiger partial charge in [0.25, 0.3) is 5.91 Å². The first kappa shape index (κ1) is 26.4. The lowest BCUT2D eigenvalue weighted by molar-refractivity contribution is -0.119. The third-order valence-electron chi connectivity index (χ3n) is 7.94. The maximum atomic E-state index is 13.4. The summed E-state index contributed by atoms with van der Waals surface area (Å²) in [5.74, 6) is 0.942. The second-order valence-corrected chi connectivity index (χ2v) is 10.5. The lowest BCUT2D eigenvalue weighted by Crippen LogP contribution is -2.40. The number of primary amides is 1. The first-order valence-electron chi connectivity index (χ1n) is 13.6. The zero-order valence-electron chi connectivity index (χ0n) is 21.8. The third-order valence-corrected chi connectivity index (χ3v) is 7.94. The molecule has 204 valence electrons. The maximum Gasteiger partial charge on any atom is 0.404 e. The number of rotatable bonds is 8. The van der Waals surface area contributed by atoms with E-state index in [1.165, 1.54) is 0 Å². The summed E-state index contributed by atoms with van der Waals surface area (Å²) in [5.41, 5.74) is 8.28. The number of aromatic nitrogens is 2. The maximum absolute atomic E-state index is 13.4. The Morgan fingerprint density at radius 1 is 0.974 bits per heavy atom. The van der Waals surface area contributed by atoms with Crippen LogP contribution in [0, 0.1) is 11.8 Å². The average Bonchev–Trinajstić information content (AvgIpc) is 3.45. The predicted octanol–water partition coefficient (Wildman–Crippen LogP) is 3.55. The number of fused-ring (bicyclic) bond motifs is 1. The number of anilines is 1. The Kier molecular flexibility index (Phi) is 7.90. The molecule has 1 aliphatic carbocycles. The number of amides is 3. The highest BCUT2D eigenvalue weighted by Gasteiger charge is 2.30. The molecule has 1 saturated heterocycles. The summed E-state index contributed by atoms with van der Waals surface area (Å²) in [6, 6.07) is 12.8. The van der Waals surface area contributed by atoms with Gasteiger partial charge < -0.3 is 26.4 Å². The van der Waals surface area contributed by atoms with Crippen LogP contribution in [0.3, 0.4) is 0 Å². The van der Waals surface area contributed by atoms with Crippen molar-refractivity contribution in [3.05, 3.63) is 54.2 Å². The summed E-state index contributed by atoms with van der Waals surface area (Å²) in [4.78, 5) is 47.2. The minimum absolute atomic E-state index is 0.143. The molecule has 39 heavy (non-hydrogen) atoms. The molecular formula is C29H34N6O4. The van der Waals surface area contributed by atoms with Crippen LogP contribution in [-0.4, -0.2) is 58.7 Å². The summed E-state index contributed by atoms with van der Waals surface area (Å²) in [6.45, 7) is 1.80. The van der Waals surface area contributed by atoms with Crippen LogP contribution in [0.4, 0.5) is 10.6 Å². The van der Waals surface area contributed by atoms with Gasteiger partial charge in [0, 0.05) is 36.8 Å². The van der Waals surface area contributed by atoms with Crippen LogP contribution in [0.2, 0.25) is 0 Å². The lowest BCUT2D eigenvalue weighted by Gasteiger charge is -2.28. The van der Waals surface area contributed by atoms with E-state index in [-0.39, 0.29) is 17.9 Å². The number of carbonyl (C=O) groups excluding carboxylic acids is 2. The van der Waals surface area contributed by atoms with Gasteiger partial charge in [0.15, 0.2) is 0 Å². The number of nitrogens with zero attached hydrogens (tertiary/aromatic N) is 3. The van der Waals surface area contributed by atoms with E-state index in [2.05, 4.69) is 15.6 Å². The van der Waals surface area contributed by atoms with Crippen molar-refractivity contribution in [1.82, 2.24) is 20.6 Å². The van der Waals surface area contributed by atoms with Gasteiger partial charge >= 0.3 is 6.09 Å². The van der Waals surface area contributed by atoms with Crippen LogP contribution in [0.15, 0.2) is 48.7 Å². The third kappa shape index (κ3) is 6.10. The van der Waals surface area contributed by atoms with E-state index in [9.17, 15) is 14.4 Å². The van der Waals surface area contributed by atoms with Crippen LogP contribution < -0.4 is 21.3 Å². The number of pyridine rings is 2. The topological polar surface area (TPSA) is 151 Å². The Morgan fingerprint density at radius 3 is 2.36 bits per heavy atom. The molecule has 1 aromatic carbocycles. The molecule has 2 aromatic heterocycles. The van der Waals surface area contributed by atoms with Gasteiger partial charge in [-0.2, -0.15) is 0 Å². The van der Waals surface area contributed by atoms with Crippen molar-refractivity contribution in [2.75, 3.05) is 24.5 Å². The van der Waals surface area contributed by atoms with Crippen molar-refractivity contribution in [2.24, 2.45) is 17.6 Å². The zero-order valence-corrected chi connectivity index (χ0v) is 21.8. The van der Waals surface area contributed by atoms with E-state index in [1.54, 1.807) is 6.20 Å². The fraction of sp³-hybridized carbons (Fsp3) is 0.414. The molecule has 10 nitrogen and oxygen atoms in total. The molecule has 0 spiro atoms. The SMILES string of the molecule is NC(=O)[C@@H]1CCCN1c1ccc(-c2cc(C(=O)NC[C@H]3CC[C@H](CNC(=O)O)CC3)c3ccccc3n2)cn1. The van der Waals surface area contributed by atoms with Crippen molar-refractivity contribution in [3.8, 4) is 11.3 Å². The minimum Gasteiger partial charge on any atom is -0.465 e. The van der Waals surface area contributed by atoms with Crippen LogP contribution in [0.5, 0.6) is 0 Å². The van der Waals surface area contributed by atoms with Crippen molar-refractivity contribution in [2.45, 2.75) is 44.6 Å². The fourth-order valence-corrected chi connectivity index (χ4v) is 5.76. The molecule has 5 rings (SSSR count). The molecule has 1 atom stereocenters. The van der Waals surface area contributed by atoms with E-state index in [4.69, 9.17) is 15.8 Å². The van der Waals surface area contributed by atoms with Crippen LogP contribution >= 0.6 is 0 Å². The number of carbonyl (C=O) groups is 3. The molecule has 3 amide bonds. The van der Waals surface area contributed by atoms with Gasteiger partial charge in [-0.3, -0.25) is 9.59 Å². The molecule has 2 fully saturated rings. The van der Waals surface area contributed by atoms with Gasteiger partial charge in [0.05, 0.1) is 16.8 Å². The van der Waals surface area contributed by atoms with Crippen molar-refractivity contribution < 1.29 is 19.5 Å². The Hall–Kier alpha value is -4.21. The Morgan fingerprint density at radius 2 is 1.69 bits per heavy atom. The predicted molar refractivity (Wildman–Crippen MR) is 148 cm³/mol. The van der Waals surface area contributed by atoms with E-state index < -0.39 is 6.09 Å². The summed E-state index contributed by atoms with van der Waals surface area (Å²) in [5, 5.41) is 15.2. The summed E-state index contributed by atoms with van der Waals surface area (Å²) in [6.07, 6.45) is 6.18. The van der Waals surface area contributed by atoms with Crippen LogP contribution in [0.25, 0.3) is 22.2 Å². The minimum atomic E-state index is -0.983. The number of carboxylic acid groups (broad SMARTS) is 1. The molecule has 2 aliphatic rings. The molecular weight excluding hydrogens is 496 g/mol. The second kappa shape index (κ2) is 11.7. The van der Waals surface area contributed by atoms with Crippen LogP contribution in [0.1, 0.15) is 48.9 Å². The Labute approximate surface area is 227 Å². The monoisotopic (exact) mass is 530 g/mol. The molecule has 3 heterocycles. The number of hydrogen-bond donors (Lipinski definition) is 4. The molecule has 1 saturated carbocycles. The summed E-state index contributed by atoms with van der Waals surface area (Å²) in [7, 11) is 0. The van der Waals surface area contributed by atoms with Gasteiger partial charge in [-0.1, -0.05) is 18.2 Å². The number of hydrogen-bond acceptors (Lipinski definition) is 6. The second-order valence-electron chi connectivity index (χ2n) is 10.5. The smallest absolute Gasteiger partial charge is 0.404 e. The highest BCUT2D eigenvalue weighted by molar-refractivity contribution is 6.07. The Bertz CT molecular complexity index is 1350. The van der Waals surface area contributed by atoms with Crippen LogP contribution in [-0.2, 0) is 4.79 Å². The summed E-state index contributed by atoms with van der Waals surface area (Å²) >= 11 is 0. The molecule has 3 aromatic rings. The molecule has 1 aliphatic heterocycles. The lowest BCUT2D eigenvalue weighted by atomic mass is 9.82. The highest BCUT2D eigenvalue weighted by atomic mass is 16.4. The van der Waals surface area contributed by atoms with Gasteiger partial charge in [-0.15, -0.1) is 0 Å². The molecule has 0 bridgehead atoms. The highest BCUT2D eigenvalue weighted by Crippen LogP contribution is 2.30. The number of nitrogens with two attached hydrogens (primary N) is 1. The van der Waals surface area contributed by atoms with E-state index >= 15 is 0 Å². The fourth-order valence-electron chi connectivity index (χ4n) is 5.76. The van der Waals surface area contributed by atoms with Gasteiger partial charge in [0.1, 0.15) is 11.9 Å². The molecule has 0 radical (unpaired) electrons. The normalized spacial score (nSPS) is 21.0. The zero-order chi connectivity index (χ0) is 27.4. The van der Waals surface area contributed by atoms with Crippen molar-refractivity contribution >= 4 is 34.6 Å². The number of benzene rings is 1. The van der Waals surface area contributed by atoms with E-state index in [0.29, 0.717) is 42.0 Å². The number of nitrogens with one attached hydrogen (secondary N) is 2. The summed E-state index contributed by atoms with van der Waals surface area (Å²) < 4.78 is 0. The van der Waals surface area contributed by atoms with Gasteiger partial charge in [-0.05, 0) is 74.6 Å². The van der Waals surface area contributed by atoms with E-state index in [1.807, 2.05) is 47.4 Å². The van der Waals surface area contributed by atoms with Crippen molar-refractivity contribution in [3.63, 3.8) is 0 Å². The largest absolute Gasteiger partial charge is 0.465 e. The Balaban J connectivity index is 1.29. The van der Waals surface area contributed by atoms with E-state index in [0.717, 1.165) is 61.5 Å². The molecule has 5 N–H and O–H groups in total. The van der Waals surface area contributed by atoms with Crippen molar-refractivity contribution in [1.29, 1.82) is 0 Å². The quantitative estimate of drug-likeness (QED) is 0.348. The number of para-hydroxylation sites is 1. The van der Waals surface area contributed by atoms with Gasteiger partial charge in [-0.25, -0.2) is 14.8 Å². The molecule has 0 unspecified atom stereocenters. The average molecular weight is 531 g/mol. The van der Waals surface area contributed by atoms with Gasteiger partial charge in [0.2, 0.25) is 5.91 Å². The first-order valence-corrected chi connectivity index (χ1v) is 13.6. The standard InChI is InChI=1S/C29H34N6O4/c30-27(36)25-6-3-13-35(25)26-12-11-20(17-31-26)24-14-22(21-4-1-2-5-23(21)34-24)28(37)32-15-18-7-9-19(10-8-18)16-33-29(38)39/h1-2,4-5,11-12,14,17-19,25,33H,3,6-10,13,15-16H2,(H2,30,36)(H,32,37)(H,38,39)/t18-,19-,25-/m0/s1.